The molecule has 2 unspecified atom stereocenters. The highest BCUT2D eigenvalue weighted by molar-refractivity contribution is 6.04. The van der Waals surface area contributed by atoms with E-state index in [-0.39, 0.29) is 17.3 Å². The molecule has 12 heteroatoms. The Morgan fingerprint density at radius 2 is 1.78 bits per heavy atom. The predicted octanol–water partition coefficient (Wildman–Crippen LogP) is 5.34. The van der Waals surface area contributed by atoms with Crippen LogP contribution in [-0.4, -0.2) is 62.4 Å². The van der Waals surface area contributed by atoms with Gasteiger partial charge in [-0.2, -0.15) is 9.78 Å². The van der Waals surface area contributed by atoms with E-state index in [9.17, 15) is 18.4 Å². The normalized spacial score (nSPS) is 16.8. The first-order valence-electron chi connectivity index (χ1n) is 15.1. The van der Waals surface area contributed by atoms with Crippen LogP contribution in [0.3, 0.4) is 0 Å². The van der Waals surface area contributed by atoms with Crippen LogP contribution in [-0.2, 0) is 12.8 Å². The van der Waals surface area contributed by atoms with Crippen molar-refractivity contribution in [3.8, 4) is 5.69 Å². The lowest BCUT2D eigenvalue weighted by Crippen LogP contribution is -2.47. The lowest BCUT2D eigenvalue weighted by Gasteiger charge is -2.34. The fourth-order valence-corrected chi connectivity index (χ4v) is 5.65. The zero-order valence-corrected chi connectivity index (χ0v) is 25.1. The van der Waals surface area contributed by atoms with Crippen molar-refractivity contribution in [1.82, 2.24) is 24.6 Å². The predicted molar refractivity (Wildman–Crippen MR) is 170 cm³/mol. The monoisotopic (exact) mass is 627 g/mol. The number of amides is 1. The Morgan fingerprint density at radius 3 is 2.54 bits per heavy atom. The van der Waals surface area contributed by atoms with Gasteiger partial charge < -0.3 is 15.5 Å². The summed E-state index contributed by atoms with van der Waals surface area (Å²) in [7, 11) is 0. The Kier molecular flexibility index (Phi) is 9.06. The molecule has 236 valence electrons. The van der Waals surface area contributed by atoms with Crippen molar-refractivity contribution < 1.29 is 18.0 Å². The van der Waals surface area contributed by atoms with Crippen LogP contribution >= 0.6 is 0 Å². The maximum atomic E-state index is 15.1. The second-order valence-electron chi connectivity index (χ2n) is 11.2. The van der Waals surface area contributed by atoms with Gasteiger partial charge in [-0.3, -0.25) is 14.6 Å². The van der Waals surface area contributed by atoms with E-state index >= 15 is 4.39 Å². The summed E-state index contributed by atoms with van der Waals surface area (Å²) in [5.41, 5.74) is 1.68. The Bertz CT molecular complexity index is 1930. The van der Waals surface area contributed by atoms with Gasteiger partial charge in [0.05, 0.1) is 17.2 Å². The van der Waals surface area contributed by atoms with E-state index in [0.717, 1.165) is 28.7 Å². The molecule has 0 aliphatic carbocycles. The summed E-state index contributed by atoms with van der Waals surface area (Å²) < 4.78 is 44.1. The Morgan fingerprint density at radius 1 is 0.978 bits per heavy atom. The van der Waals surface area contributed by atoms with Gasteiger partial charge in [0.15, 0.2) is 0 Å². The van der Waals surface area contributed by atoms with E-state index in [1.165, 1.54) is 42.6 Å². The minimum atomic E-state index is -0.987. The van der Waals surface area contributed by atoms with Crippen molar-refractivity contribution in [2.45, 2.75) is 38.4 Å². The second kappa shape index (κ2) is 13.5. The first kappa shape index (κ1) is 30.9. The number of aromatic nitrogens is 4. The maximum absolute atomic E-state index is 15.1. The number of carbonyl (C=O) groups excluding carboxylic acids is 1. The zero-order valence-electron chi connectivity index (χ0n) is 25.1. The van der Waals surface area contributed by atoms with Crippen LogP contribution in [0.2, 0.25) is 0 Å². The Hall–Kier alpha value is -5.10. The van der Waals surface area contributed by atoms with Crippen LogP contribution < -0.4 is 16.2 Å². The number of nitrogens with one attached hydrogen (secondary N) is 2. The quantitative estimate of drug-likeness (QED) is 0.228. The van der Waals surface area contributed by atoms with E-state index in [4.69, 9.17) is 0 Å². The maximum Gasteiger partial charge on any atom is 0.284 e. The van der Waals surface area contributed by atoms with Crippen molar-refractivity contribution >= 4 is 28.3 Å². The molecule has 0 saturated carbocycles. The Labute approximate surface area is 263 Å². The molecule has 4 heterocycles. The zero-order chi connectivity index (χ0) is 32.2. The number of aryl methyl sites for hydroxylation is 2. The highest BCUT2D eigenvalue weighted by atomic mass is 19.1. The van der Waals surface area contributed by atoms with Crippen LogP contribution in [0.15, 0.2) is 84.0 Å². The topological polar surface area (TPSA) is 105 Å². The molecule has 1 fully saturated rings. The smallest absolute Gasteiger partial charge is 0.284 e. The largest absolute Gasteiger partial charge is 0.364 e. The van der Waals surface area contributed by atoms with Crippen LogP contribution in [0.1, 0.15) is 34.8 Å². The van der Waals surface area contributed by atoms with Gasteiger partial charge in [0, 0.05) is 48.8 Å². The summed E-state index contributed by atoms with van der Waals surface area (Å²) >= 11 is 0. The Balaban J connectivity index is 1.11. The molecule has 1 saturated heterocycles. The highest BCUT2D eigenvalue weighted by Gasteiger charge is 2.28. The fourth-order valence-electron chi connectivity index (χ4n) is 5.65. The standard InChI is InChI=1S/C34H32F3N7O2/c1-2-43-16-13-30(29(37)20-43)42-32-18-31-27(19-39-32)21(11-14-38-31)3-4-22-5-8-24(17-28(22)36)41-33(45)26-12-15-40-44(34(26)46)25-9-6-23(35)7-10-25/h5-12,14-15,17-19,29-30H,2-4,13,16,20H2,1H3,(H,39,42)(H,41,45). The summed E-state index contributed by atoms with van der Waals surface area (Å²) in [4.78, 5) is 36.9. The first-order valence-corrected chi connectivity index (χ1v) is 15.1. The molecule has 5 aromatic rings. The number of hydrogen-bond acceptors (Lipinski definition) is 7. The fraction of sp³-hybridized carbons (Fsp3) is 0.265. The number of nitrogens with zero attached hydrogens (tertiary/aromatic N) is 5. The molecule has 9 nitrogen and oxygen atoms in total. The summed E-state index contributed by atoms with van der Waals surface area (Å²) in [6.07, 6.45) is 5.29. The molecule has 0 bridgehead atoms. The number of likely N-dealkylation sites (tertiary alicyclic amines) is 1. The van der Waals surface area contributed by atoms with Gasteiger partial charge in [-0.15, -0.1) is 0 Å². The summed E-state index contributed by atoms with van der Waals surface area (Å²) in [5, 5.41) is 10.6. The average molecular weight is 628 g/mol. The summed E-state index contributed by atoms with van der Waals surface area (Å²) in [6.45, 7) is 4.09. The minimum Gasteiger partial charge on any atom is -0.364 e. The molecular formula is C34H32F3N7O2. The van der Waals surface area contributed by atoms with Gasteiger partial charge in [-0.1, -0.05) is 13.0 Å². The van der Waals surface area contributed by atoms with E-state index in [0.29, 0.717) is 48.4 Å². The SMILES string of the molecule is CCN1CCC(Nc2cc3nccc(CCc4ccc(NC(=O)c5ccnn(-c6ccc(F)cc6)c5=O)cc4F)c3cn2)C(F)C1. The molecule has 0 radical (unpaired) electrons. The van der Waals surface area contributed by atoms with Crippen molar-refractivity contribution in [1.29, 1.82) is 0 Å². The van der Waals surface area contributed by atoms with E-state index in [1.807, 2.05) is 19.1 Å². The number of carbonyl (C=O) groups is 1. The average Bonchev–Trinajstić information content (AvgIpc) is 3.05. The number of pyridine rings is 2. The summed E-state index contributed by atoms with van der Waals surface area (Å²) in [6, 6.07) is 14.1. The lowest BCUT2D eigenvalue weighted by atomic mass is 10.0. The second-order valence-corrected chi connectivity index (χ2v) is 11.2. The molecule has 1 aliphatic rings. The van der Waals surface area contributed by atoms with E-state index < -0.39 is 29.3 Å². The molecule has 0 spiro atoms. The van der Waals surface area contributed by atoms with Crippen molar-refractivity contribution in [3.05, 3.63) is 118 Å². The molecule has 3 aromatic heterocycles. The van der Waals surface area contributed by atoms with Gasteiger partial charge in [0.25, 0.3) is 11.5 Å². The number of anilines is 2. The number of halogens is 3. The number of piperidine rings is 1. The van der Waals surface area contributed by atoms with Crippen LogP contribution in [0.25, 0.3) is 16.6 Å². The number of hydrogen-bond donors (Lipinski definition) is 2. The lowest BCUT2D eigenvalue weighted by molar-refractivity contribution is 0.102. The molecule has 1 aliphatic heterocycles. The van der Waals surface area contributed by atoms with Gasteiger partial charge in [0.2, 0.25) is 0 Å². The molecule has 2 N–H and O–H groups in total. The van der Waals surface area contributed by atoms with Crippen LogP contribution in [0.4, 0.5) is 24.7 Å². The van der Waals surface area contributed by atoms with Gasteiger partial charge >= 0.3 is 0 Å². The van der Waals surface area contributed by atoms with Crippen LogP contribution in [0, 0.1) is 11.6 Å². The van der Waals surface area contributed by atoms with Crippen LogP contribution in [0.5, 0.6) is 0 Å². The number of benzene rings is 2. The van der Waals surface area contributed by atoms with Gasteiger partial charge in [0.1, 0.15) is 29.2 Å². The van der Waals surface area contributed by atoms with Crippen molar-refractivity contribution in [2.24, 2.45) is 0 Å². The number of rotatable bonds is 9. The molecular weight excluding hydrogens is 595 g/mol. The van der Waals surface area contributed by atoms with E-state index in [2.05, 4.69) is 30.6 Å². The molecule has 2 atom stereocenters. The number of alkyl halides is 1. The molecule has 6 rings (SSSR count). The van der Waals surface area contributed by atoms with Gasteiger partial charge in [-0.05, 0) is 85.5 Å². The van der Waals surface area contributed by atoms with Crippen molar-refractivity contribution in [3.63, 3.8) is 0 Å². The number of fused-ring (bicyclic) bond motifs is 1. The third-order valence-electron chi connectivity index (χ3n) is 8.26. The highest BCUT2D eigenvalue weighted by Crippen LogP contribution is 2.24. The molecule has 46 heavy (non-hydrogen) atoms. The minimum absolute atomic E-state index is 0.185. The van der Waals surface area contributed by atoms with E-state index in [1.54, 1.807) is 24.5 Å². The first-order chi connectivity index (χ1) is 22.3. The van der Waals surface area contributed by atoms with Crippen molar-refractivity contribution in [2.75, 3.05) is 30.3 Å². The van der Waals surface area contributed by atoms with Gasteiger partial charge in [-0.25, -0.2) is 18.2 Å². The third kappa shape index (κ3) is 6.76. The summed E-state index contributed by atoms with van der Waals surface area (Å²) in [5.74, 6) is -1.14. The third-order valence-corrected chi connectivity index (χ3v) is 8.26. The molecule has 2 aromatic carbocycles. The molecule has 1 amide bonds.